The molecule has 0 amide bonds. The number of rotatable bonds is 4. The highest BCUT2D eigenvalue weighted by atomic mass is 16.6. The van der Waals surface area contributed by atoms with Gasteiger partial charge in [-0.1, -0.05) is 27.7 Å². The first-order chi connectivity index (χ1) is 18.7. The summed E-state index contributed by atoms with van der Waals surface area (Å²) in [6.45, 7) is 7.91. The molecular formula is C31H38O9. The number of fused-ring (bicyclic) bond motifs is 1. The van der Waals surface area contributed by atoms with Gasteiger partial charge in [0.05, 0.1) is 31.8 Å². The number of ether oxygens (including phenoxy) is 4. The van der Waals surface area contributed by atoms with Crippen molar-refractivity contribution < 1.29 is 43.5 Å². The van der Waals surface area contributed by atoms with E-state index >= 15 is 0 Å². The number of aliphatic hydroxyl groups is 2. The van der Waals surface area contributed by atoms with Crippen LogP contribution >= 0.6 is 0 Å². The van der Waals surface area contributed by atoms with Crippen LogP contribution in [0.2, 0.25) is 0 Å². The van der Waals surface area contributed by atoms with Crippen LogP contribution in [0.5, 0.6) is 11.5 Å². The first-order valence-corrected chi connectivity index (χ1v) is 14.3. The summed E-state index contributed by atoms with van der Waals surface area (Å²) in [4.78, 5) is 42.3. The molecule has 2 heterocycles. The maximum atomic E-state index is 14.8. The lowest BCUT2D eigenvalue weighted by Gasteiger charge is -2.87. The molecule has 40 heavy (non-hydrogen) atoms. The van der Waals surface area contributed by atoms with Crippen molar-refractivity contribution in [1.29, 1.82) is 0 Å². The number of hydrogen-bond acceptors (Lipinski definition) is 9. The second kappa shape index (κ2) is 7.47. The van der Waals surface area contributed by atoms with Gasteiger partial charge in [-0.3, -0.25) is 9.59 Å². The van der Waals surface area contributed by atoms with Crippen molar-refractivity contribution in [3.8, 4) is 11.5 Å². The maximum absolute atomic E-state index is 14.8. The molecule has 5 aliphatic carbocycles. The van der Waals surface area contributed by atoms with E-state index in [4.69, 9.17) is 18.9 Å². The zero-order chi connectivity index (χ0) is 28.8. The zero-order valence-electron chi connectivity index (χ0n) is 23.9. The monoisotopic (exact) mass is 554 g/mol. The van der Waals surface area contributed by atoms with Gasteiger partial charge in [-0.2, -0.15) is 0 Å². The largest absolute Gasteiger partial charge is 0.493 e. The summed E-state index contributed by atoms with van der Waals surface area (Å²) in [5.41, 5.74) is -5.01. The third-order valence-electron chi connectivity index (χ3n) is 12.5. The Morgan fingerprint density at radius 2 is 1.73 bits per heavy atom. The summed E-state index contributed by atoms with van der Waals surface area (Å²) in [6, 6.07) is 4.67. The van der Waals surface area contributed by atoms with Gasteiger partial charge in [0.15, 0.2) is 22.9 Å². The lowest BCUT2D eigenvalue weighted by molar-refractivity contribution is -0.487. The van der Waals surface area contributed by atoms with Gasteiger partial charge in [0, 0.05) is 23.7 Å². The Morgan fingerprint density at radius 3 is 2.40 bits per heavy atom. The van der Waals surface area contributed by atoms with E-state index in [-0.39, 0.29) is 23.9 Å². The fourth-order valence-electron chi connectivity index (χ4n) is 10.9. The topological polar surface area (TPSA) is 129 Å². The third-order valence-corrected chi connectivity index (χ3v) is 12.5. The molecule has 5 saturated carbocycles. The minimum atomic E-state index is -2.16. The van der Waals surface area contributed by atoms with Gasteiger partial charge >= 0.3 is 5.97 Å². The lowest BCUT2D eigenvalue weighted by atomic mass is 9.18. The SMILES string of the molecule is COc1ccc(C(=O)OC23C(=O)C45C(CCC(C24)C3(C)C)C23COC5(O)C(O)C2C(C)(C)CCC3=O)cc1OC. The van der Waals surface area contributed by atoms with E-state index in [1.54, 1.807) is 12.1 Å². The molecule has 0 aromatic heterocycles. The summed E-state index contributed by atoms with van der Waals surface area (Å²) >= 11 is 0. The molecule has 9 atom stereocenters. The van der Waals surface area contributed by atoms with Gasteiger partial charge in [0.1, 0.15) is 17.3 Å². The number of Topliss-reactive ketones (excluding diaryl/α,β-unsaturated/α-hetero) is 2. The van der Waals surface area contributed by atoms with Crippen molar-refractivity contribution in [2.45, 2.75) is 70.9 Å². The summed E-state index contributed by atoms with van der Waals surface area (Å²) in [5.74, 6) is -4.10. The molecule has 9 unspecified atom stereocenters. The van der Waals surface area contributed by atoms with Crippen LogP contribution in [0.4, 0.5) is 0 Å². The number of ketones is 2. The van der Waals surface area contributed by atoms with Gasteiger partial charge < -0.3 is 29.2 Å². The minimum absolute atomic E-state index is 0.00616. The highest BCUT2D eigenvalue weighted by molar-refractivity contribution is 6.08. The van der Waals surface area contributed by atoms with Crippen LogP contribution in [0.1, 0.15) is 63.7 Å². The molecular weight excluding hydrogens is 516 g/mol. The lowest BCUT2D eigenvalue weighted by Crippen LogP contribution is -2.99. The van der Waals surface area contributed by atoms with E-state index in [1.165, 1.54) is 20.3 Å². The summed E-state index contributed by atoms with van der Waals surface area (Å²) in [6.07, 6.45) is 0.847. The summed E-state index contributed by atoms with van der Waals surface area (Å²) < 4.78 is 22.9. The molecule has 9 heteroatoms. The van der Waals surface area contributed by atoms with Crippen LogP contribution < -0.4 is 9.47 Å². The smallest absolute Gasteiger partial charge is 0.339 e. The van der Waals surface area contributed by atoms with E-state index in [2.05, 4.69) is 0 Å². The highest BCUT2D eigenvalue weighted by Gasteiger charge is 2.99. The van der Waals surface area contributed by atoms with Crippen molar-refractivity contribution >= 4 is 17.5 Å². The molecule has 9 nitrogen and oxygen atoms in total. The molecule has 1 aromatic carbocycles. The highest BCUT2D eigenvalue weighted by Crippen LogP contribution is 2.87. The molecule has 2 aliphatic heterocycles. The summed E-state index contributed by atoms with van der Waals surface area (Å²) in [7, 11) is 2.97. The zero-order valence-corrected chi connectivity index (χ0v) is 23.9. The number of carbonyl (C=O) groups is 3. The quantitative estimate of drug-likeness (QED) is 0.540. The van der Waals surface area contributed by atoms with Crippen molar-refractivity contribution in [1.82, 2.24) is 0 Å². The fraction of sp³-hybridized carbons (Fsp3) is 0.710. The van der Waals surface area contributed by atoms with Crippen molar-refractivity contribution in [2.24, 2.45) is 45.3 Å². The average Bonchev–Trinajstić information content (AvgIpc) is 2.93. The van der Waals surface area contributed by atoms with Crippen molar-refractivity contribution in [2.75, 3.05) is 20.8 Å². The van der Waals surface area contributed by atoms with E-state index in [9.17, 15) is 24.6 Å². The van der Waals surface area contributed by atoms with Crippen molar-refractivity contribution in [3.63, 3.8) is 0 Å². The van der Waals surface area contributed by atoms with Gasteiger partial charge in [0.2, 0.25) is 5.79 Å². The van der Waals surface area contributed by atoms with Gasteiger partial charge in [-0.05, 0) is 54.7 Å². The Balaban J connectivity index is 1.34. The number of hydrogen-bond donors (Lipinski definition) is 2. The Labute approximate surface area is 233 Å². The van der Waals surface area contributed by atoms with Gasteiger partial charge in [-0.15, -0.1) is 0 Å². The predicted octanol–water partition coefficient (Wildman–Crippen LogP) is 2.94. The van der Waals surface area contributed by atoms with E-state index in [0.29, 0.717) is 30.8 Å². The van der Waals surface area contributed by atoms with Crippen LogP contribution in [0.15, 0.2) is 18.2 Å². The third kappa shape index (κ3) is 2.37. The molecule has 2 bridgehead atoms. The molecule has 0 radical (unpaired) electrons. The van der Waals surface area contributed by atoms with Crippen molar-refractivity contribution in [3.05, 3.63) is 23.8 Å². The maximum Gasteiger partial charge on any atom is 0.339 e. The number of methoxy groups -OCH3 is 2. The second-order valence-electron chi connectivity index (χ2n) is 14.2. The van der Waals surface area contributed by atoms with Crippen LogP contribution in [0, 0.1) is 45.3 Å². The molecule has 2 saturated heterocycles. The molecule has 7 aliphatic rings. The Bertz CT molecular complexity index is 1370. The van der Waals surface area contributed by atoms with Crippen LogP contribution in [-0.2, 0) is 19.1 Å². The first-order valence-electron chi connectivity index (χ1n) is 14.3. The van der Waals surface area contributed by atoms with Crippen LogP contribution in [0.3, 0.4) is 0 Å². The molecule has 216 valence electrons. The minimum Gasteiger partial charge on any atom is -0.493 e. The molecule has 2 N–H and O–H groups in total. The molecule has 1 aromatic rings. The Kier molecular flexibility index (Phi) is 4.93. The molecule has 2 spiro atoms. The normalized spacial score (nSPS) is 46.6. The number of benzene rings is 1. The van der Waals surface area contributed by atoms with Crippen LogP contribution in [-0.4, -0.2) is 66.1 Å². The van der Waals surface area contributed by atoms with Gasteiger partial charge in [0.25, 0.3) is 0 Å². The average molecular weight is 555 g/mol. The van der Waals surface area contributed by atoms with Crippen LogP contribution in [0.25, 0.3) is 0 Å². The van der Waals surface area contributed by atoms with Gasteiger partial charge in [-0.25, -0.2) is 4.79 Å². The van der Waals surface area contributed by atoms with E-state index < -0.39 is 68.7 Å². The molecule has 7 fully saturated rings. The van der Waals surface area contributed by atoms with E-state index in [1.807, 2.05) is 27.7 Å². The number of esters is 1. The predicted molar refractivity (Wildman–Crippen MR) is 139 cm³/mol. The number of aliphatic hydroxyl groups excluding tert-OH is 1. The molecule has 8 rings (SSSR count). The Morgan fingerprint density at radius 1 is 1.02 bits per heavy atom. The standard InChI is InChI=1S/C31H38O9/c1-26(2)12-11-20(32)28-14-39-31(36,23(33)22(26)28)29-19(28)10-8-16-21(29)30(25(29)35,27(16,3)4)40-24(34)15-7-9-17(37-5)18(13-15)38-6/h7,9,13,16,19,21-23,33,36H,8,10-12,14H2,1-6H3. The fourth-order valence-corrected chi connectivity index (χ4v) is 10.9. The number of carbonyl (C=O) groups excluding carboxylic acids is 3. The summed E-state index contributed by atoms with van der Waals surface area (Å²) in [5, 5.41) is 24.2. The first kappa shape index (κ1) is 26.4. The Hall–Kier alpha value is -2.49. The van der Waals surface area contributed by atoms with E-state index in [0.717, 1.165) is 6.42 Å². The second-order valence-corrected chi connectivity index (χ2v) is 14.2.